The third kappa shape index (κ3) is 1.74. The normalized spacial score (nSPS) is 40.2. The molecule has 3 heteroatoms. The molecule has 1 aromatic heterocycles. The fourth-order valence-corrected chi connectivity index (χ4v) is 5.13. The zero-order valence-electron chi connectivity index (χ0n) is 11.3. The van der Waals surface area contributed by atoms with Gasteiger partial charge in [-0.3, -0.25) is 4.98 Å². The first-order valence-electron chi connectivity index (χ1n) is 7.63. The summed E-state index contributed by atoms with van der Waals surface area (Å²) in [5.41, 5.74) is 1.04. The number of aromatic nitrogens is 1. The van der Waals surface area contributed by atoms with Crippen LogP contribution in [0.2, 0.25) is 0 Å². The van der Waals surface area contributed by atoms with Gasteiger partial charge in [-0.05, 0) is 67.0 Å². The van der Waals surface area contributed by atoms with Gasteiger partial charge in [0.05, 0.1) is 6.20 Å². The number of nitrogens with one attached hydrogen (secondary N) is 1. The van der Waals surface area contributed by atoms with E-state index in [2.05, 4.69) is 17.2 Å². The molecule has 3 aliphatic carbocycles. The molecule has 5 atom stereocenters. The van der Waals surface area contributed by atoms with Gasteiger partial charge in [0.25, 0.3) is 0 Å². The smallest absolute Gasteiger partial charge is 0.141 e. The topological polar surface area (TPSA) is 24.9 Å². The van der Waals surface area contributed by atoms with Crippen molar-refractivity contribution in [1.82, 2.24) is 10.3 Å². The highest BCUT2D eigenvalue weighted by atomic mass is 19.1. The van der Waals surface area contributed by atoms with E-state index in [-0.39, 0.29) is 5.82 Å². The van der Waals surface area contributed by atoms with Crippen LogP contribution in [0.1, 0.15) is 37.8 Å². The molecule has 1 heterocycles. The number of pyridine rings is 1. The van der Waals surface area contributed by atoms with Gasteiger partial charge in [-0.15, -0.1) is 0 Å². The Morgan fingerprint density at radius 3 is 2.68 bits per heavy atom. The van der Waals surface area contributed by atoms with Crippen molar-refractivity contribution in [3.8, 4) is 0 Å². The minimum absolute atomic E-state index is 0.214. The number of nitrogens with zero attached hydrogens (tertiary/aromatic N) is 1. The van der Waals surface area contributed by atoms with Gasteiger partial charge >= 0.3 is 0 Å². The second kappa shape index (κ2) is 4.27. The minimum atomic E-state index is -0.214. The molecule has 19 heavy (non-hydrogen) atoms. The van der Waals surface area contributed by atoms with Crippen molar-refractivity contribution in [2.75, 3.05) is 6.54 Å². The lowest BCUT2D eigenvalue weighted by Gasteiger charge is -2.21. The van der Waals surface area contributed by atoms with E-state index >= 15 is 0 Å². The summed E-state index contributed by atoms with van der Waals surface area (Å²) in [5, 5.41) is 3.58. The molecular weight excluding hydrogens is 239 g/mol. The highest BCUT2D eigenvalue weighted by molar-refractivity contribution is 5.24. The summed E-state index contributed by atoms with van der Waals surface area (Å²) < 4.78 is 13.4. The van der Waals surface area contributed by atoms with Gasteiger partial charge in [-0.2, -0.15) is 0 Å². The van der Waals surface area contributed by atoms with Crippen LogP contribution in [0.4, 0.5) is 4.39 Å². The van der Waals surface area contributed by atoms with E-state index in [9.17, 15) is 4.39 Å². The first-order valence-corrected chi connectivity index (χ1v) is 7.63. The van der Waals surface area contributed by atoms with Gasteiger partial charge in [0, 0.05) is 12.2 Å². The molecule has 2 bridgehead atoms. The molecular formula is C16H21FN2. The van der Waals surface area contributed by atoms with Crippen molar-refractivity contribution < 1.29 is 4.39 Å². The molecule has 0 aliphatic heterocycles. The van der Waals surface area contributed by atoms with Gasteiger partial charge in [0.15, 0.2) is 0 Å². The van der Waals surface area contributed by atoms with Crippen LogP contribution < -0.4 is 5.32 Å². The average Bonchev–Trinajstić information content (AvgIpc) is 2.82. The molecule has 3 fully saturated rings. The highest BCUT2D eigenvalue weighted by Crippen LogP contribution is 2.72. The van der Waals surface area contributed by atoms with Crippen LogP contribution in [0.25, 0.3) is 0 Å². The van der Waals surface area contributed by atoms with Crippen molar-refractivity contribution in [3.05, 3.63) is 29.8 Å². The van der Waals surface area contributed by atoms with Crippen molar-refractivity contribution >= 4 is 0 Å². The van der Waals surface area contributed by atoms with Crippen molar-refractivity contribution in [1.29, 1.82) is 0 Å². The maximum Gasteiger partial charge on any atom is 0.141 e. The number of hydrogen-bond donors (Lipinski definition) is 1. The number of hydrogen-bond acceptors (Lipinski definition) is 2. The fourth-order valence-electron chi connectivity index (χ4n) is 5.13. The Labute approximate surface area is 113 Å². The molecule has 3 saturated carbocycles. The predicted octanol–water partition coefficient (Wildman–Crippen LogP) is 3.16. The van der Waals surface area contributed by atoms with Crippen molar-refractivity contribution in [2.24, 2.45) is 29.6 Å². The van der Waals surface area contributed by atoms with Crippen LogP contribution in [0.5, 0.6) is 0 Å². The van der Waals surface area contributed by atoms with E-state index in [4.69, 9.17) is 0 Å². The van der Waals surface area contributed by atoms with Gasteiger partial charge in [0.2, 0.25) is 0 Å². The second-order valence-electron chi connectivity index (χ2n) is 6.54. The van der Waals surface area contributed by atoms with Crippen LogP contribution in [-0.4, -0.2) is 11.5 Å². The molecule has 1 aromatic rings. The monoisotopic (exact) mass is 260 g/mol. The Morgan fingerprint density at radius 1 is 1.32 bits per heavy atom. The summed E-state index contributed by atoms with van der Waals surface area (Å²) in [6.07, 6.45) is 7.47. The van der Waals surface area contributed by atoms with Crippen LogP contribution in [0.3, 0.4) is 0 Å². The third-order valence-electron chi connectivity index (χ3n) is 5.69. The standard InChI is InChI=1S/C16H21FN2/c1-2-19-16(11-6-12(17)8-18-7-11)15-13-9-3-4-10(5-9)14(13)15/h6-10,13-16,19H,2-5H2,1H3. The largest absolute Gasteiger partial charge is 0.310 e. The summed E-state index contributed by atoms with van der Waals surface area (Å²) >= 11 is 0. The number of fused-ring (bicyclic) bond motifs is 5. The van der Waals surface area contributed by atoms with Crippen molar-refractivity contribution in [2.45, 2.75) is 32.2 Å². The molecule has 0 aromatic carbocycles. The first-order chi connectivity index (χ1) is 9.29. The van der Waals surface area contributed by atoms with E-state index in [1.807, 2.05) is 6.20 Å². The molecule has 1 N–H and O–H groups in total. The maximum absolute atomic E-state index is 13.4. The van der Waals surface area contributed by atoms with Crippen LogP contribution in [-0.2, 0) is 0 Å². The summed E-state index contributed by atoms with van der Waals surface area (Å²) in [6.45, 7) is 3.07. The van der Waals surface area contributed by atoms with Gasteiger partial charge in [-0.25, -0.2) is 4.39 Å². The summed E-state index contributed by atoms with van der Waals surface area (Å²) in [7, 11) is 0. The minimum Gasteiger partial charge on any atom is -0.310 e. The summed E-state index contributed by atoms with van der Waals surface area (Å²) in [4.78, 5) is 4.03. The predicted molar refractivity (Wildman–Crippen MR) is 71.9 cm³/mol. The summed E-state index contributed by atoms with van der Waals surface area (Å²) in [5.74, 6) is 4.26. The van der Waals surface area contributed by atoms with Gasteiger partial charge < -0.3 is 5.32 Å². The highest BCUT2D eigenvalue weighted by Gasteiger charge is 2.66. The molecule has 0 spiro atoms. The lowest BCUT2D eigenvalue weighted by Crippen LogP contribution is -2.25. The van der Waals surface area contributed by atoms with E-state index in [0.717, 1.165) is 41.7 Å². The third-order valence-corrected chi connectivity index (χ3v) is 5.69. The Balaban J connectivity index is 1.60. The summed E-state index contributed by atoms with van der Waals surface area (Å²) in [6, 6.07) is 1.97. The molecule has 0 amide bonds. The second-order valence-corrected chi connectivity index (χ2v) is 6.54. The maximum atomic E-state index is 13.4. The number of rotatable bonds is 4. The van der Waals surface area contributed by atoms with E-state index in [1.54, 1.807) is 6.07 Å². The Kier molecular flexibility index (Phi) is 2.66. The molecule has 102 valence electrons. The first kappa shape index (κ1) is 11.8. The molecule has 0 saturated heterocycles. The average molecular weight is 260 g/mol. The Bertz CT molecular complexity index is 473. The van der Waals surface area contributed by atoms with Crippen LogP contribution >= 0.6 is 0 Å². The van der Waals surface area contributed by atoms with Gasteiger partial charge in [-0.1, -0.05) is 6.92 Å². The Morgan fingerprint density at radius 2 is 2.05 bits per heavy atom. The SMILES string of the molecule is CCNC(c1cncc(F)c1)C1C2C3CCC(C3)C21. The molecule has 4 rings (SSSR count). The fraction of sp³-hybridized carbons (Fsp3) is 0.688. The van der Waals surface area contributed by atoms with Gasteiger partial charge in [0.1, 0.15) is 5.82 Å². The van der Waals surface area contributed by atoms with E-state index in [0.29, 0.717) is 6.04 Å². The molecule has 3 aliphatic rings. The lowest BCUT2D eigenvalue weighted by atomic mass is 9.93. The quantitative estimate of drug-likeness (QED) is 0.899. The zero-order valence-corrected chi connectivity index (χ0v) is 11.3. The van der Waals surface area contributed by atoms with E-state index < -0.39 is 0 Å². The lowest BCUT2D eigenvalue weighted by molar-refractivity contribution is 0.373. The molecule has 2 nitrogen and oxygen atoms in total. The van der Waals surface area contributed by atoms with Crippen molar-refractivity contribution in [3.63, 3.8) is 0 Å². The van der Waals surface area contributed by atoms with Crippen LogP contribution in [0, 0.1) is 35.4 Å². The van der Waals surface area contributed by atoms with E-state index in [1.165, 1.54) is 25.5 Å². The molecule has 5 unspecified atom stereocenters. The Hall–Kier alpha value is -0.960. The zero-order chi connectivity index (χ0) is 13.0. The molecule has 0 radical (unpaired) electrons. The van der Waals surface area contributed by atoms with Crippen LogP contribution in [0.15, 0.2) is 18.5 Å². The number of halogens is 1.